The van der Waals surface area contributed by atoms with Crippen LogP contribution in [-0.4, -0.2) is 31.6 Å². The van der Waals surface area contributed by atoms with E-state index in [2.05, 4.69) is 11.9 Å². The largest absolute Gasteiger partial charge is 0.460 e. The third-order valence-corrected chi connectivity index (χ3v) is 1.19. The van der Waals surface area contributed by atoms with Gasteiger partial charge in [-0.3, -0.25) is 4.79 Å². The van der Waals surface area contributed by atoms with Gasteiger partial charge in [0.05, 0.1) is 13.1 Å². The van der Waals surface area contributed by atoms with E-state index in [1.54, 1.807) is 6.92 Å². The standard InChI is InChI=1S/C8H14N2O3/c1-6(2)8(12)13-4-3-10-7(11)5-9/h1,3-5,9H2,2H3,(H,10,11). The Kier molecular flexibility index (Phi) is 5.54. The van der Waals surface area contributed by atoms with Gasteiger partial charge in [0.1, 0.15) is 6.61 Å². The number of ether oxygens (including phenoxy) is 1. The first-order valence-electron chi connectivity index (χ1n) is 3.87. The summed E-state index contributed by atoms with van der Waals surface area (Å²) >= 11 is 0. The van der Waals surface area contributed by atoms with E-state index in [0.717, 1.165) is 0 Å². The summed E-state index contributed by atoms with van der Waals surface area (Å²) < 4.78 is 4.70. The summed E-state index contributed by atoms with van der Waals surface area (Å²) in [5.74, 6) is -0.728. The molecule has 0 aromatic rings. The van der Waals surface area contributed by atoms with Crippen molar-refractivity contribution >= 4 is 11.9 Å². The average Bonchev–Trinajstić information content (AvgIpc) is 2.11. The summed E-state index contributed by atoms with van der Waals surface area (Å²) in [6.45, 7) is 5.31. The number of nitrogens with two attached hydrogens (primary N) is 1. The number of hydrogen-bond acceptors (Lipinski definition) is 4. The van der Waals surface area contributed by atoms with Crippen molar-refractivity contribution in [3.05, 3.63) is 12.2 Å². The molecule has 0 aromatic heterocycles. The molecule has 0 unspecified atom stereocenters. The molecule has 0 aliphatic carbocycles. The van der Waals surface area contributed by atoms with Gasteiger partial charge in [-0.15, -0.1) is 0 Å². The number of carbonyl (C=O) groups excluding carboxylic acids is 2. The highest BCUT2D eigenvalue weighted by atomic mass is 16.5. The Bertz CT molecular complexity index is 213. The fourth-order valence-electron chi connectivity index (χ4n) is 0.530. The Hall–Kier alpha value is -1.36. The molecule has 1 amide bonds. The van der Waals surface area contributed by atoms with E-state index < -0.39 is 5.97 Å². The Morgan fingerprint density at radius 1 is 1.54 bits per heavy atom. The lowest BCUT2D eigenvalue weighted by molar-refractivity contribution is -0.139. The Labute approximate surface area is 76.9 Å². The zero-order valence-electron chi connectivity index (χ0n) is 7.63. The molecular weight excluding hydrogens is 172 g/mol. The highest BCUT2D eigenvalue weighted by Crippen LogP contribution is 1.90. The lowest BCUT2D eigenvalue weighted by Crippen LogP contribution is -2.33. The summed E-state index contributed by atoms with van der Waals surface area (Å²) in [7, 11) is 0. The second-order valence-corrected chi connectivity index (χ2v) is 2.47. The maximum Gasteiger partial charge on any atom is 0.333 e. The van der Waals surface area contributed by atoms with Crippen LogP contribution in [-0.2, 0) is 14.3 Å². The summed E-state index contributed by atoms with van der Waals surface area (Å²) in [5, 5.41) is 2.46. The summed E-state index contributed by atoms with van der Waals surface area (Å²) in [4.78, 5) is 21.4. The van der Waals surface area contributed by atoms with Gasteiger partial charge in [-0.05, 0) is 6.92 Å². The second kappa shape index (κ2) is 6.19. The Morgan fingerprint density at radius 2 is 2.15 bits per heavy atom. The average molecular weight is 186 g/mol. The lowest BCUT2D eigenvalue weighted by Gasteiger charge is -2.04. The molecule has 5 nitrogen and oxygen atoms in total. The maximum atomic E-state index is 10.8. The van der Waals surface area contributed by atoms with Crippen LogP contribution < -0.4 is 11.1 Å². The minimum atomic E-state index is -0.456. The minimum Gasteiger partial charge on any atom is -0.460 e. The monoisotopic (exact) mass is 186 g/mol. The van der Waals surface area contributed by atoms with Gasteiger partial charge in [0.15, 0.2) is 0 Å². The molecule has 0 aromatic carbocycles. The van der Waals surface area contributed by atoms with Gasteiger partial charge in [-0.1, -0.05) is 6.58 Å². The highest BCUT2D eigenvalue weighted by molar-refractivity contribution is 5.86. The number of rotatable bonds is 5. The van der Waals surface area contributed by atoms with Crippen molar-refractivity contribution in [3.8, 4) is 0 Å². The van der Waals surface area contributed by atoms with E-state index in [9.17, 15) is 9.59 Å². The van der Waals surface area contributed by atoms with Crippen LogP contribution >= 0.6 is 0 Å². The number of hydrogen-bond donors (Lipinski definition) is 2. The molecule has 0 fully saturated rings. The summed E-state index contributed by atoms with van der Waals surface area (Å²) in [5.41, 5.74) is 5.37. The summed E-state index contributed by atoms with van der Waals surface area (Å²) in [6, 6.07) is 0. The second-order valence-electron chi connectivity index (χ2n) is 2.47. The lowest BCUT2D eigenvalue weighted by atomic mass is 10.4. The van der Waals surface area contributed by atoms with Crippen molar-refractivity contribution < 1.29 is 14.3 Å². The Balaban J connectivity index is 3.41. The number of esters is 1. The molecule has 74 valence electrons. The van der Waals surface area contributed by atoms with Gasteiger partial charge in [0.2, 0.25) is 5.91 Å². The molecule has 5 heteroatoms. The van der Waals surface area contributed by atoms with Crippen LogP contribution in [0.4, 0.5) is 0 Å². The molecule has 0 aliphatic heterocycles. The fraction of sp³-hybridized carbons (Fsp3) is 0.500. The quantitative estimate of drug-likeness (QED) is 0.334. The molecule has 0 radical (unpaired) electrons. The van der Waals surface area contributed by atoms with Crippen LogP contribution in [0.3, 0.4) is 0 Å². The molecule has 0 rings (SSSR count). The van der Waals surface area contributed by atoms with Gasteiger partial charge in [-0.25, -0.2) is 4.79 Å². The normalized spacial score (nSPS) is 9.08. The smallest absolute Gasteiger partial charge is 0.333 e. The first-order chi connectivity index (χ1) is 6.07. The van der Waals surface area contributed by atoms with Gasteiger partial charge in [-0.2, -0.15) is 0 Å². The van der Waals surface area contributed by atoms with Crippen LogP contribution in [0.2, 0.25) is 0 Å². The van der Waals surface area contributed by atoms with Crippen LogP contribution in [0.15, 0.2) is 12.2 Å². The van der Waals surface area contributed by atoms with E-state index in [-0.39, 0.29) is 25.6 Å². The highest BCUT2D eigenvalue weighted by Gasteiger charge is 2.02. The van der Waals surface area contributed by atoms with E-state index in [1.165, 1.54) is 0 Å². The third kappa shape index (κ3) is 5.86. The number of carbonyl (C=O) groups is 2. The molecule has 13 heavy (non-hydrogen) atoms. The first-order valence-corrected chi connectivity index (χ1v) is 3.87. The van der Waals surface area contributed by atoms with Crippen LogP contribution in [0.5, 0.6) is 0 Å². The molecular formula is C8H14N2O3. The molecule has 3 N–H and O–H groups in total. The summed E-state index contributed by atoms with van der Waals surface area (Å²) in [6.07, 6.45) is 0. The predicted octanol–water partition coefficient (Wildman–Crippen LogP) is -0.819. The van der Waals surface area contributed by atoms with Gasteiger partial charge < -0.3 is 15.8 Å². The molecule has 0 bridgehead atoms. The van der Waals surface area contributed by atoms with E-state index in [4.69, 9.17) is 10.5 Å². The first kappa shape index (κ1) is 11.6. The van der Waals surface area contributed by atoms with Crippen molar-refractivity contribution in [2.75, 3.05) is 19.7 Å². The zero-order chi connectivity index (χ0) is 10.3. The molecule has 0 heterocycles. The van der Waals surface area contributed by atoms with Crippen LogP contribution in [0.25, 0.3) is 0 Å². The molecule has 0 saturated heterocycles. The van der Waals surface area contributed by atoms with Crippen molar-refractivity contribution in [2.24, 2.45) is 5.73 Å². The third-order valence-electron chi connectivity index (χ3n) is 1.19. The van der Waals surface area contributed by atoms with Crippen molar-refractivity contribution in [2.45, 2.75) is 6.92 Å². The topological polar surface area (TPSA) is 81.4 Å². The molecule has 0 saturated carbocycles. The van der Waals surface area contributed by atoms with Crippen molar-refractivity contribution in [1.82, 2.24) is 5.32 Å². The SMILES string of the molecule is C=C(C)C(=O)OCCNC(=O)CN. The van der Waals surface area contributed by atoms with Crippen LogP contribution in [0.1, 0.15) is 6.92 Å². The van der Waals surface area contributed by atoms with Gasteiger partial charge in [0, 0.05) is 5.57 Å². The van der Waals surface area contributed by atoms with Gasteiger partial charge in [0.25, 0.3) is 0 Å². The minimum absolute atomic E-state index is 0.0611. The van der Waals surface area contributed by atoms with Gasteiger partial charge >= 0.3 is 5.97 Å². The van der Waals surface area contributed by atoms with E-state index in [0.29, 0.717) is 5.57 Å². The predicted molar refractivity (Wildman–Crippen MR) is 47.8 cm³/mol. The fourth-order valence-corrected chi connectivity index (χ4v) is 0.530. The number of nitrogens with one attached hydrogen (secondary N) is 1. The van der Waals surface area contributed by atoms with Crippen LogP contribution in [0, 0.1) is 0 Å². The van der Waals surface area contributed by atoms with Crippen molar-refractivity contribution in [3.63, 3.8) is 0 Å². The molecule has 0 aliphatic rings. The zero-order valence-corrected chi connectivity index (χ0v) is 7.63. The Morgan fingerprint density at radius 3 is 2.62 bits per heavy atom. The molecule has 0 spiro atoms. The molecule has 0 atom stereocenters. The van der Waals surface area contributed by atoms with E-state index >= 15 is 0 Å². The number of amides is 1. The van der Waals surface area contributed by atoms with Crippen molar-refractivity contribution in [1.29, 1.82) is 0 Å². The maximum absolute atomic E-state index is 10.8. The van der Waals surface area contributed by atoms with E-state index in [1.807, 2.05) is 0 Å².